The predicted molar refractivity (Wildman–Crippen MR) is 125 cm³/mol. The zero-order valence-corrected chi connectivity index (χ0v) is 19.6. The van der Waals surface area contributed by atoms with E-state index in [1.165, 1.54) is 28.8 Å². The number of carbonyl (C=O) groups is 2. The normalized spacial score (nSPS) is 11.4. The van der Waals surface area contributed by atoms with Crippen molar-refractivity contribution in [3.05, 3.63) is 68.1 Å². The summed E-state index contributed by atoms with van der Waals surface area (Å²) in [5.41, 5.74) is -0.767. The van der Waals surface area contributed by atoms with Crippen LogP contribution in [-0.4, -0.2) is 34.6 Å². The van der Waals surface area contributed by atoms with Gasteiger partial charge >= 0.3 is 12.3 Å². The molecule has 3 heterocycles. The van der Waals surface area contributed by atoms with Crippen LogP contribution >= 0.6 is 22.7 Å². The monoisotopic (exact) mass is 523 g/mol. The van der Waals surface area contributed by atoms with Crippen molar-refractivity contribution in [2.45, 2.75) is 19.7 Å². The van der Waals surface area contributed by atoms with Crippen LogP contribution in [0.1, 0.15) is 22.3 Å². The SMILES string of the molecule is CCOC(=O)c1nn(-c2ccc(OC(F)(F)F)cc2)c(=O)c2c(NC(=O)Cc3cccs3)scc12. The summed E-state index contributed by atoms with van der Waals surface area (Å²) in [6.45, 7) is 1.66. The fourth-order valence-corrected chi connectivity index (χ4v) is 4.85. The second kappa shape index (κ2) is 9.88. The molecule has 0 spiro atoms. The lowest BCUT2D eigenvalue weighted by Crippen LogP contribution is -2.25. The Balaban J connectivity index is 1.78. The highest BCUT2D eigenvalue weighted by molar-refractivity contribution is 7.16. The third kappa shape index (κ3) is 5.52. The number of anilines is 1. The summed E-state index contributed by atoms with van der Waals surface area (Å²) < 4.78 is 47.2. The van der Waals surface area contributed by atoms with Gasteiger partial charge in [0.1, 0.15) is 10.8 Å². The van der Waals surface area contributed by atoms with Crippen LogP contribution in [0.3, 0.4) is 0 Å². The average Bonchev–Trinajstić information content (AvgIpc) is 3.44. The van der Waals surface area contributed by atoms with Crippen LogP contribution in [0.2, 0.25) is 0 Å². The maximum atomic E-state index is 13.4. The van der Waals surface area contributed by atoms with E-state index in [1.807, 2.05) is 11.4 Å². The van der Waals surface area contributed by atoms with Crippen molar-refractivity contribution in [2.24, 2.45) is 0 Å². The summed E-state index contributed by atoms with van der Waals surface area (Å²) in [4.78, 5) is 39.3. The molecule has 8 nitrogen and oxygen atoms in total. The number of hydrogen-bond donors (Lipinski definition) is 1. The number of nitrogens with one attached hydrogen (secondary N) is 1. The lowest BCUT2D eigenvalue weighted by atomic mass is 10.2. The molecule has 0 saturated carbocycles. The summed E-state index contributed by atoms with van der Waals surface area (Å²) in [5.74, 6) is -1.64. The molecule has 182 valence electrons. The van der Waals surface area contributed by atoms with Gasteiger partial charge in [-0.3, -0.25) is 9.59 Å². The molecule has 0 aliphatic carbocycles. The van der Waals surface area contributed by atoms with Crippen LogP contribution in [0.5, 0.6) is 5.75 Å². The van der Waals surface area contributed by atoms with Crippen LogP contribution in [0, 0.1) is 0 Å². The zero-order chi connectivity index (χ0) is 25.2. The van der Waals surface area contributed by atoms with E-state index in [0.717, 1.165) is 33.0 Å². The molecular weight excluding hydrogens is 507 g/mol. The minimum absolute atomic E-state index is 0.0307. The Morgan fingerprint density at radius 3 is 2.51 bits per heavy atom. The topological polar surface area (TPSA) is 99.5 Å². The molecule has 0 fully saturated rings. The second-order valence-electron chi connectivity index (χ2n) is 6.99. The molecule has 0 aliphatic heterocycles. The summed E-state index contributed by atoms with van der Waals surface area (Å²) in [5, 5.41) is 10.6. The average molecular weight is 524 g/mol. The molecule has 0 saturated heterocycles. The third-order valence-corrected chi connectivity index (χ3v) is 6.38. The van der Waals surface area contributed by atoms with Gasteiger partial charge in [-0.1, -0.05) is 6.07 Å². The van der Waals surface area contributed by atoms with E-state index in [-0.39, 0.29) is 46.1 Å². The number of ether oxygens (including phenoxy) is 2. The molecular formula is C22H16F3N3O5S2. The van der Waals surface area contributed by atoms with Crippen molar-refractivity contribution < 1.29 is 32.2 Å². The Bertz CT molecular complexity index is 1430. The molecule has 13 heteroatoms. The molecule has 0 atom stereocenters. The first-order valence-corrected chi connectivity index (χ1v) is 11.8. The fraction of sp³-hybridized carbons (Fsp3) is 0.182. The molecule has 0 aliphatic rings. The van der Waals surface area contributed by atoms with Gasteiger partial charge in [-0.15, -0.1) is 35.8 Å². The first-order valence-electron chi connectivity index (χ1n) is 10.1. The van der Waals surface area contributed by atoms with Crippen LogP contribution in [0.4, 0.5) is 18.2 Å². The lowest BCUT2D eigenvalue weighted by molar-refractivity contribution is -0.274. The highest BCUT2D eigenvalue weighted by Gasteiger charge is 2.31. The van der Waals surface area contributed by atoms with Crippen molar-refractivity contribution in [1.29, 1.82) is 0 Å². The van der Waals surface area contributed by atoms with E-state index in [9.17, 15) is 27.6 Å². The van der Waals surface area contributed by atoms with E-state index in [2.05, 4.69) is 15.2 Å². The van der Waals surface area contributed by atoms with E-state index < -0.39 is 23.6 Å². The number of hydrogen-bond acceptors (Lipinski definition) is 8. The number of rotatable bonds is 7. The fourth-order valence-electron chi connectivity index (χ4n) is 3.20. The smallest absolute Gasteiger partial charge is 0.461 e. The Morgan fingerprint density at radius 1 is 1.14 bits per heavy atom. The molecule has 1 aromatic carbocycles. The second-order valence-corrected chi connectivity index (χ2v) is 8.90. The number of benzene rings is 1. The summed E-state index contributed by atoms with van der Waals surface area (Å²) in [7, 11) is 0. The van der Waals surface area contributed by atoms with E-state index >= 15 is 0 Å². The highest BCUT2D eigenvalue weighted by Crippen LogP contribution is 2.31. The number of esters is 1. The molecule has 3 aromatic heterocycles. The number of alkyl halides is 3. The molecule has 0 radical (unpaired) electrons. The first-order chi connectivity index (χ1) is 16.7. The minimum Gasteiger partial charge on any atom is -0.461 e. The molecule has 0 unspecified atom stereocenters. The molecule has 35 heavy (non-hydrogen) atoms. The van der Waals surface area contributed by atoms with Gasteiger partial charge in [0.15, 0.2) is 5.69 Å². The summed E-state index contributed by atoms with van der Waals surface area (Å²) in [6, 6.07) is 8.04. The maximum Gasteiger partial charge on any atom is 0.573 e. The number of nitrogens with zero attached hydrogens (tertiary/aromatic N) is 2. The largest absolute Gasteiger partial charge is 0.573 e. The number of aromatic nitrogens is 2. The maximum absolute atomic E-state index is 13.4. The zero-order valence-electron chi connectivity index (χ0n) is 17.9. The predicted octanol–water partition coefficient (Wildman–Crippen LogP) is 4.77. The van der Waals surface area contributed by atoms with Gasteiger partial charge in [0.05, 0.1) is 24.1 Å². The molecule has 1 N–H and O–H groups in total. The number of thiophene rings is 2. The highest BCUT2D eigenvalue weighted by atomic mass is 32.1. The van der Waals surface area contributed by atoms with Gasteiger partial charge in [0, 0.05) is 15.6 Å². The van der Waals surface area contributed by atoms with Gasteiger partial charge in [0.25, 0.3) is 5.56 Å². The van der Waals surface area contributed by atoms with Crippen molar-refractivity contribution in [2.75, 3.05) is 11.9 Å². The number of amides is 1. The van der Waals surface area contributed by atoms with Crippen molar-refractivity contribution in [3.8, 4) is 11.4 Å². The van der Waals surface area contributed by atoms with Crippen molar-refractivity contribution in [1.82, 2.24) is 9.78 Å². The molecule has 4 aromatic rings. The minimum atomic E-state index is -4.88. The van der Waals surface area contributed by atoms with E-state index in [1.54, 1.807) is 13.0 Å². The van der Waals surface area contributed by atoms with Gasteiger partial charge < -0.3 is 14.8 Å². The standard InChI is InChI=1S/C22H16F3N3O5S2/c1-2-32-21(31)18-15-11-35-19(26-16(29)10-14-4-3-9-34-14)17(15)20(30)28(27-18)12-5-7-13(8-6-12)33-22(23,24)25/h3-9,11H,2,10H2,1H3,(H,26,29). The van der Waals surface area contributed by atoms with Gasteiger partial charge in [0.2, 0.25) is 5.91 Å². The van der Waals surface area contributed by atoms with Crippen LogP contribution in [0.15, 0.2) is 52.0 Å². The summed E-state index contributed by atoms with van der Waals surface area (Å²) >= 11 is 2.46. The third-order valence-electron chi connectivity index (χ3n) is 4.60. The van der Waals surface area contributed by atoms with Gasteiger partial charge in [-0.05, 0) is 42.6 Å². The van der Waals surface area contributed by atoms with Crippen LogP contribution in [0.25, 0.3) is 16.5 Å². The first kappa shape index (κ1) is 24.4. The van der Waals surface area contributed by atoms with Crippen LogP contribution in [-0.2, 0) is 16.0 Å². The lowest BCUT2D eigenvalue weighted by Gasteiger charge is -2.11. The Morgan fingerprint density at radius 2 is 1.89 bits per heavy atom. The molecule has 4 rings (SSSR count). The number of halogens is 3. The number of carbonyl (C=O) groups excluding carboxylic acids is 2. The quantitative estimate of drug-likeness (QED) is 0.351. The van der Waals surface area contributed by atoms with E-state index in [0.29, 0.717) is 0 Å². The number of fused-ring (bicyclic) bond motifs is 1. The Hall–Kier alpha value is -3.71. The van der Waals surface area contributed by atoms with Crippen molar-refractivity contribution in [3.63, 3.8) is 0 Å². The summed E-state index contributed by atoms with van der Waals surface area (Å²) in [6.07, 6.45) is -4.78. The Kier molecular flexibility index (Phi) is 6.89. The van der Waals surface area contributed by atoms with Gasteiger partial charge in [-0.2, -0.15) is 9.78 Å². The Labute approximate surface area is 203 Å². The van der Waals surface area contributed by atoms with Gasteiger partial charge in [-0.25, -0.2) is 4.79 Å². The molecule has 1 amide bonds. The van der Waals surface area contributed by atoms with Crippen molar-refractivity contribution >= 4 is 50.3 Å². The van der Waals surface area contributed by atoms with Crippen LogP contribution < -0.4 is 15.6 Å². The molecule has 0 bridgehead atoms. The van der Waals surface area contributed by atoms with E-state index in [4.69, 9.17) is 4.74 Å².